The SMILES string of the molecule is COC(=O)CCN(CCNC(=O)CCN(CCO)CCC(=O)NCCN(CCC(=O)OC)CCC(=O)OC)CCC(C)=O. The van der Waals surface area contributed by atoms with Gasteiger partial charge in [-0.05, 0) is 6.92 Å². The largest absolute Gasteiger partial charge is 0.469 e. The number of hydrogen-bond donors (Lipinski definition) is 3. The topological polar surface area (TPSA) is 184 Å². The predicted molar refractivity (Wildman–Crippen MR) is 157 cm³/mol. The van der Waals surface area contributed by atoms with Crippen LogP contribution in [0.25, 0.3) is 0 Å². The van der Waals surface area contributed by atoms with Crippen molar-refractivity contribution in [1.82, 2.24) is 25.3 Å². The van der Waals surface area contributed by atoms with Crippen LogP contribution in [0, 0.1) is 0 Å². The second kappa shape index (κ2) is 25.4. The fraction of sp³-hybridized carbons (Fsp3) is 0.786. The van der Waals surface area contributed by atoms with Crippen LogP contribution in [0.3, 0.4) is 0 Å². The molecule has 0 bridgehead atoms. The number of esters is 3. The van der Waals surface area contributed by atoms with Gasteiger partial charge in [0.2, 0.25) is 11.8 Å². The Bertz CT molecular complexity index is 838. The number of ketones is 1. The lowest BCUT2D eigenvalue weighted by molar-refractivity contribution is -0.142. The van der Waals surface area contributed by atoms with Crippen molar-refractivity contribution in [3.8, 4) is 0 Å². The molecule has 0 aromatic heterocycles. The van der Waals surface area contributed by atoms with Crippen LogP contribution in [-0.4, -0.2) is 155 Å². The summed E-state index contributed by atoms with van der Waals surface area (Å²) < 4.78 is 14.0. The van der Waals surface area contributed by atoms with Crippen molar-refractivity contribution in [2.45, 2.75) is 45.4 Å². The summed E-state index contributed by atoms with van der Waals surface area (Å²) in [7, 11) is 3.92. The molecule has 0 aromatic rings. The average molecular weight is 618 g/mol. The van der Waals surface area contributed by atoms with Crippen LogP contribution in [-0.2, 0) is 43.0 Å². The fourth-order valence-electron chi connectivity index (χ4n) is 3.92. The Morgan fingerprint density at radius 2 is 0.837 bits per heavy atom. The first-order chi connectivity index (χ1) is 20.5. The Labute approximate surface area is 254 Å². The van der Waals surface area contributed by atoms with E-state index in [1.807, 2.05) is 14.7 Å². The van der Waals surface area contributed by atoms with Gasteiger partial charge in [0.15, 0.2) is 0 Å². The minimum atomic E-state index is -0.368. The Balaban J connectivity index is 4.52. The number of nitrogens with zero attached hydrogens (tertiary/aromatic N) is 3. The Hall–Kier alpha value is -3.14. The molecular weight excluding hydrogens is 566 g/mol. The Morgan fingerprint density at radius 1 is 0.512 bits per heavy atom. The molecule has 0 saturated carbocycles. The molecule has 0 atom stereocenters. The number of ether oxygens (including phenoxy) is 3. The summed E-state index contributed by atoms with van der Waals surface area (Å²) in [6.45, 7) is 5.58. The van der Waals surface area contributed by atoms with Gasteiger partial charge >= 0.3 is 17.9 Å². The first kappa shape index (κ1) is 39.9. The highest BCUT2D eigenvalue weighted by molar-refractivity contribution is 5.77. The number of carbonyl (C=O) groups excluding carboxylic acids is 6. The summed E-state index contributed by atoms with van der Waals surface area (Å²) in [6.07, 6.45) is 1.19. The van der Waals surface area contributed by atoms with Crippen molar-refractivity contribution >= 4 is 35.5 Å². The molecule has 0 rings (SSSR count). The number of aliphatic hydroxyl groups excluding tert-OH is 1. The van der Waals surface area contributed by atoms with E-state index in [2.05, 4.69) is 24.8 Å². The molecule has 0 aliphatic carbocycles. The summed E-state index contributed by atoms with van der Waals surface area (Å²) in [4.78, 5) is 76.2. The van der Waals surface area contributed by atoms with Crippen molar-refractivity contribution in [1.29, 1.82) is 0 Å². The quantitative estimate of drug-likeness (QED) is 0.0759. The molecule has 0 unspecified atom stereocenters. The molecule has 15 nitrogen and oxygen atoms in total. The van der Waals surface area contributed by atoms with Crippen molar-refractivity contribution in [3.63, 3.8) is 0 Å². The van der Waals surface area contributed by atoms with Crippen molar-refractivity contribution in [2.75, 3.05) is 99.9 Å². The van der Waals surface area contributed by atoms with Crippen LogP contribution in [0.15, 0.2) is 0 Å². The van der Waals surface area contributed by atoms with Crippen molar-refractivity contribution < 1.29 is 48.1 Å². The summed E-state index contributed by atoms with van der Waals surface area (Å²) in [5.41, 5.74) is 0. The smallest absolute Gasteiger partial charge is 0.306 e. The maximum absolute atomic E-state index is 12.4. The Morgan fingerprint density at radius 3 is 1.16 bits per heavy atom. The maximum atomic E-state index is 12.4. The van der Waals surface area contributed by atoms with E-state index in [-0.39, 0.29) is 74.2 Å². The van der Waals surface area contributed by atoms with Gasteiger partial charge in [-0.3, -0.25) is 28.8 Å². The lowest BCUT2D eigenvalue weighted by Gasteiger charge is -2.23. The van der Waals surface area contributed by atoms with Crippen molar-refractivity contribution in [3.05, 3.63) is 0 Å². The minimum Gasteiger partial charge on any atom is -0.469 e. The number of Topliss-reactive ketones (excluding diaryl/α,β-unsaturated/α-hetero) is 1. The van der Waals surface area contributed by atoms with E-state index in [1.54, 1.807) is 0 Å². The standard InChI is InChI=1S/C28H51N5O10/c1-23(35)5-13-31(16-8-26(38)41-2)19-11-29-24(36)6-14-33(21-22-34)15-7-25(37)30-12-20-32(17-9-27(39)42-3)18-10-28(40)43-4/h34H,5-22H2,1-4H3,(H,29,36)(H,30,37). The summed E-state index contributed by atoms with van der Waals surface area (Å²) in [5, 5.41) is 15.1. The van der Waals surface area contributed by atoms with E-state index in [0.717, 1.165) is 0 Å². The van der Waals surface area contributed by atoms with Gasteiger partial charge in [0.25, 0.3) is 0 Å². The van der Waals surface area contributed by atoms with E-state index < -0.39 is 0 Å². The van der Waals surface area contributed by atoms with Gasteiger partial charge in [-0.2, -0.15) is 0 Å². The third-order valence-electron chi connectivity index (χ3n) is 6.59. The maximum Gasteiger partial charge on any atom is 0.306 e. The van der Waals surface area contributed by atoms with E-state index in [9.17, 15) is 33.9 Å². The van der Waals surface area contributed by atoms with Gasteiger partial charge in [-0.25, -0.2) is 0 Å². The third-order valence-corrected chi connectivity index (χ3v) is 6.59. The third kappa shape index (κ3) is 23.0. The highest BCUT2D eigenvalue weighted by Gasteiger charge is 2.14. The summed E-state index contributed by atoms with van der Waals surface area (Å²) in [6, 6.07) is 0. The first-order valence-electron chi connectivity index (χ1n) is 14.6. The molecular formula is C28H51N5O10. The van der Waals surface area contributed by atoms with Gasteiger partial charge < -0.3 is 44.7 Å². The molecule has 2 amide bonds. The molecule has 0 fully saturated rings. The number of aliphatic hydroxyl groups is 1. The zero-order valence-electron chi connectivity index (χ0n) is 26.2. The molecule has 0 heterocycles. The van der Waals surface area contributed by atoms with Crippen LogP contribution in [0.4, 0.5) is 0 Å². The number of nitrogens with one attached hydrogen (secondary N) is 2. The summed E-state index contributed by atoms with van der Waals surface area (Å²) in [5.74, 6) is -1.43. The van der Waals surface area contributed by atoms with Gasteiger partial charge in [0.05, 0.1) is 47.2 Å². The molecule has 0 spiro atoms. The monoisotopic (exact) mass is 617 g/mol. The lowest BCUT2D eigenvalue weighted by Crippen LogP contribution is -2.40. The van der Waals surface area contributed by atoms with E-state index in [1.165, 1.54) is 28.3 Å². The lowest BCUT2D eigenvalue weighted by atomic mass is 10.2. The Kier molecular flexibility index (Phi) is 23.5. The van der Waals surface area contributed by atoms with Crippen molar-refractivity contribution in [2.24, 2.45) is 0 Å². The number of carbonyl (C=O) groups is 6. The van der Waals surface area contributed by atoms with Gasteiger partial charge in [0.1, 0.15) is 5.78 Å². The predicted octanol–water partition coefficient (Wildman–Crippen LogP) is -1.43. The molecule has 0 aliphatic heterocycles. The van der Waals surface area contributed by atoms with Crippen LogP contribution in [0.2, 0.25) is 0 Å². The summed E-state index contributed by atoms with van der Waals surface area (Å²) >= 11 is 0. The van der Waals surface area contributed by atoms with Crippen LogP contribution in [0.5, 0.6) is 0 Å². The second-order valence-electron chi connectivity index (χ2n) is 9.88. The van der Waals surface area contributed by atoms with E-state index in [0.29, 0.717) is 78.4 Å². The minimum absolute atomic E-state index is 0.0398. The van der Waals surface area contributed by atoms with E-state index in [4.69, 9.17) is 0 Å². The molecule has 15 heteroatoms. The molecule has 43 heavy (non-hydrogen) atoms. The van der Waals surface area contributed by atoms with Crippen LogP contribution < -0.4 is 10.6 Å². The molecule has 0 aliphatic rings. The highest BCUT2D eigenvalue weighted by atomic mass is 16.5. The zero-order valence-corrected chi connectivity index (χ0v) is 26.2. The van der Waals surface area contributed by atoms with Crippen LogP contribution >= 0.6 is 0 Å². The van der Waals surface area contributed by atoms with E-state index >= 15 is 0 Å². The average Bonchev–Trinajstić information content (AvgIpc) is 2.99. The molecule has 0 radical (unpaired) electrons. The normalized spacial score (nSPS) is 11.0. The molecule has 3 N–H and O–H groups in total. The number of amides is 2. The number of hydrogen-bond acceptors (Lipinski definition) is 13. The van der Waals surface area contributed by atoms with Crippen LogP contribution in [0.1, 0.15) is 45.4 Å². The molecule has 248 valence electrons. The fourth-order valence-corrected chi connectivity index (χ4v) is 3.92. The molecule has 0 saturated heterocycles. The number of rotatable bonds is 26. The zero-order chi connectivity index (χ0) is 32.5. The first-order valence-corrected chi connectivity index (χ1v) is 14.6. The molecule has 0 aromatic carbocycles. The van der Waals surface area contributed by atoms with Gasteiger partial charge in [0, 0.05) is 91.3 Å². The van der Waals surface area contributed by atoms with Gasteiger partial charge in [-0.1, -0.05) is 0 Å². The number of methoxy groups -OCH3 is 3. The highest BCUT2D eigenvalue weighted by Crippen LogP contribution is 2.00. The second-order valence-corrected chi connectivity index (χ2v) is 9.88. The van der Waals surface area contributed by atoms with Gasteiger partial charge in [-0.15, -0.1) is 0 Å².